The van der Waals surface area contributed by atoms with E-state index in [9.17, 15) is 9.90 Å². The van der Waals surface area contributed by atoms with Crippen molar-refractivity contribution in [2.45, 2.75) is 32.4 Å². The quantitative estimate of drug-likeness (QED) is 0.703. The van der Waals surface area contributed by atoms with Crippen molar-refractivity contribution in [1.82, 2.24) is 4.98 Å². The summed E-state index contributed by atoms with van der Waals surface area (Å²) in [5, 5.41) is 20.9. The van der Waals surface area contributed by atoms with Crippen LogP contribution < -0.4 is 5.32 Å². The van der Waals surface area contributed by atoms with E-state index < -0.39 is 5.97 Å². The van der Waals surface area contributed by atoms with E-state index >= 15 is 0 Å². The molecule has 3 N–H and O–H groups in total. The first-order valence-corrected chi connectivity index (χ1v) is 5.13. The number of carbonyl (C=O) groups is 1. The van der Waals surface area contributed by atoms with Gasteiger partial charge in [0, 0.05) is 12.2 Å². The van der Waals surface area contributed by atoms with E-state index in [1.54, 1.807) is 13.0 Å². The fourth-order valence-corrected chi connectivity index (χ4v) is 1.43. The molecule has 0 bridgehead atoms. The van der Waals surface area contributed by atoms with Crippen LogP contribution >= 0.6 is 0 Å². The molecular weight excluding hydrogens is 208 g/mol. The Bertz CT molecular complexity index is 349. The molecule has 0 fully saturated rings. The van der Waals surface area contributed by atoms with Crippen LogP contribution in [0.2, 0.25) is 0 Å². The maximum absolute atomic E-state index is 10.6. The summed E-state index contributed by atoms with van der Waals surface area (Å²) in [4.78, 5) is 14.6. The minimum absolute atomic E-state index is 0.0863. The smallest absolute Gasteiger partial charge is 0.337 e. The zero-order chi connectivity index (χ0) is 12.1. The van der Waals surface area contributed by atoms with Crippen molar-refractivity contribution in [2.75, 3.05) is 5.32 Å². The van der Waals surface area contributed by atoms with Gasteiger partial charge >= 0.3 is 5.97 Å². The summed E-state index contributed by atoms with van der Waals surface area (Å²) in [7, 11) is 0. The number of nitrogens with zero attached hydrogens (tertiary/aromatic N) is 1. The highest BCUT2D eigenvalue weighted by molar-refractivity contribution is 5.87. The number of aromatic nitrogens is 1. The number of carboxylic acids is 1. The van der Waals surface area contributed by atoms with Crippen molar-refractivity contribution in [3.8, 4) is 0 Å². The van der Waals surface area contributed by atoms with Gasteiger partial charge in [-0.05, 0) is 32.4 Å². The second-order valence-corrected chi connectivity index (χ2v) is 3.87. The Hall–Kier alpha value is -1.62. The average molecular weight is 224 g/mol. The molecule has 5 heteroatoms. The summed E-state index contributed by atoms with van der Waals surface area (Å²) >= 11 is 0. The molecular formula is C11H16N2O3. The number of nitrogens with one attached hydrogen (secondary N) is 1. The molecule has 2 atom stereocenters. The third-order valence-corrected chi connectivity index (χ3v) is 2.10. The zero-order valence-electron chi connectivity index (χ0n) is 9.34. The van der Waals surface area contributed by atoms with E-state index in [1.807, 2.05) is 6.92 Å². The average Bonchev–Trinajstić information content (AvgIpc) is 2.16. The maximum Gasteiger partial charge on any atom is 0.337 e. The van der Waals surface area contributed by atoms with Gasteiger partial charge in [-0.25, -0.2) is 9.78 Å². The van der Waals surface area contributed by atoms with Crippen LogP contribution in [0.5, 0.6) is 0 Å². The molecule has 0 aliphatic rings. The summed E-state index contributed by atoms with van der Waals surface area (Å²) in [6.45, 7) is 3.65. The van der Waals surface area contributed by atoms with E-state index in [-0.39, 0.29) is 17.7 Å². The lowest BCUT2D eigenvalue weighted by molar-refractivity contribution is 0.0696. The lowest BCUT2D eigenvalue weighted by atomic mass is 10.1. The second-order valence-electron chi connectivity index (χ2n) is 3.87. The van der Waals surface area contributed by atoms with Crippen LogP contribution in [-0.2, 0) is 0 Å². The van der Waals surface area contributed by atoms with Gasteiger partial charge < -0.3 is 15.5 Å². The number of hydrogen-bond acceptors (Lipinski definition) is 4. The van der Waals surface area contributed by atoms with Gasteiger partial charge in [-0.15, -0.1) is 0 Å². The third-order valence-electron chi connectivity index (χ3n) is 2.10. The SMILES string of the molecule is CC(O)CC(C)Nc1ccc(C(=O)O)cn1. The van der Waals surface area contributed by atoms with Crippen LogP contribution in [0.1, 0.15) is 30.6 Å². The molecule has 1 aromatic heterocycles. The van der Waals surface area contributed by atoms with Gasteiger partial charge in [-0.3, -0.25) is 0 Å². The Kier molecular flexibility index (Phi) is 4.25. The molecule has 0 aromatic carbocycles. The van der Waals surface area contributed by atoms with Gasteiger partial charge in [-0.2, -0.15) is 0 Å². The van der Waals surface area contributed by atoms with Gasteiger partial charge in [0.2, 0.25) is 0 Å². The van der Waals surface area contributed by atoms with Crippen molar-refractivity contribution in [1.29, 1.82) is 0 Å². The summed E-state index contributed by atoms with van der Waals surface area (Å²) in [5.41, 5.74) is 0.161. The number of carboxylic acid groups (broad SMARTS) is 1. The summed E-state index contributed by atoms with van der Waals surface area (Å²) in [5.74, 6) is -0.380. The van der Waals surface area contributed by atoms with Gasteiger partial charge in [-0.1, -0.05) is 0 Å². The fourth-order valence-electron chi connectivity index (χ4n) is 1.43. The van der Waals surface area contributed by atoms with Crippen LogP contribution in [0, 0.1) is 0 Å². The number of anilines is 1. The maximum atomic E-state index is 10.6. The van der Waals surface area contributed by atoms with E-state index in [1.165, 1.54) is 12.3 Å². The molecule has 0 saturated carbocycles. The van der Waals surface area contributed by atoms with E-state index in [0.29, 0.717) is 12.2 Å². The van der Waals surface area contributed by atoms with Crippen LogP contribution in [-0.4, -0.2) is 33.3 Å². The Morgan fingerprint density at radius 2 is 2.19 bits per heavy atom. The lowest BCUT2D eigenvalue weighted by Crippen LogP contribution is -2.21. The number of hydrogen-bond donors (Lipinski definition) is 3. The lowest BCUT2D eigenvalue weighted by Gasteiger charge is -2.15. The fraction of sp³-hybridized carbons (Fsp3) is 0.455. The van der Waals surface area contributed by atoms with Crippen molar-refractivity contribution >= 4 is 11.8 Å². The molecule has 16 heavy (non-hydrogen) atoms. The van der Waals surface area contributed by atoms with Crippen molar-refractivity contribution in [3.05, 3.63) is 23.9 Å². The molecule has 0 amide bonds. The molecule has 0 aliphatic carbocycles. The Balaban J connectivity index is 2.58. The topological polar surface area (TPSA) is 82.5 Å². The highest BCUT2D eigenvalue weighted by Crippen LogP contribution is 2.09. The molecule has 0 spiro atoms. The van der Waals surface area contributed by atoms with Crippen LogP contribution in [0.4, 0.5) is 5.82 Å². The Morgan fingerprint density at radius 3 is 2.62 bits per heavy atom. The number of rotatable bonds is 5. The van der Waals surface area contributed by atoms with Crippen molar-refractivity contribution < 1.29 is 15.0 Å². The zero-order valence-corrected chi connectivity index (χ0v) is 9.34. The molecule has 5 nitrogen and oxygen atoms in total. The predicted molar refractivity (Wildman–Crippen MR) is 60.6 cm³/mol. The minimum Gasteiger partial charge on any atom is -0.478 e. The second kappa shape index (κ2) is 5.46. The molecule has 0 aliphatic heterocycles. The molecule has 2 unspecified atom stereocenters. The molecule has 88 valence electrons. The first kappa shape index (κ1) is 12.4. The monoisotopic (exact) mass is 224 g/mol. The first-order chi connectivity index (χ1) is 7.49. The van der Waals surface area contributed by atoms with Crippen LogP contribution in [0.15, 0.2) is 18.3 Å². The molecule has 0 saturated heterocycles. The summed E-state index contributed by atoms with van der Waals surface area (Å²) in [6, 6.07) is 3.19. The van der Waals surface area contributed by atoms with E-state index in [4.69, 9.17) is 5.11 Å². The predicted octanol–water partition coefficient (Wildman–Crippen LogP) is 1.35. The van der Waals surface area contributed by atoms with Gasteiger partial charge in [0.15, 0.2) is 0 Å². The van der Waals surface area contributed by atoms with E-state index in [2.05, 4.69) is 10.3 Å². The van der Waals surface area contributed by atoms with Crippen molar-refractivity contribution in [3.63, 3.8) is 0 Å². The first-order valence-electron chi connectivity index (χ1n) is 5.13. The number of aliphatic hydroxyl groups is 1. The van der Waals surface area contributed by atoms with Crippen molar-refractivity contribution in [2.24, 2.45) is 0 Å². The molecule has 1 heterocycles. The standard InChI is InChI=1S/C11H16N2O3/c1-7(5-8(2)14)13-10-4-3-9(6-12-10)11(15)16/h3-4,6-8,14H,5H2,1-2H3,(H,12,13)(H,15,16). The Labute approximate surface area is 94.1 Å². The van der Waals surface area contributed by atoms with Gasteiger partial charge in [0.25, 0.3) is 0 Å². The normalized spacial score (nSPS) is 14.2. The van der Waals surface area contributed by atoms with Gasteiger partial charge in [0.05, 0.1) is 11.7 Å². The highest BCUT2D eigenvalue weighted by atomic mass is 16.4. The molecule has 0 radical (unpaired) electrons. The van der Waals surface area contributed by atoms with Crippen LogP contribution in [0.3, 0.4) is 0 Å². The van der Waals surface area contributed by atoms with Gasteiger partial charge in [0.1, 0.15) is 5.82 Å². The van der Waals surface area contributed by atoms with Crippen LogP contribution in [0.25, 0.3) is 0 Å². The largest absolute Gasteiger partial charge is 0.478 e. The third kappa shape index (κ3) is 3.86. The number of aromatic carboxylic acids is 1. The molecule has 1 aromatic rings. The number of aliphatic hydroxyl groups excluding tert-OH is 1. The summed E-state index contributed by atoms with van der Waals surface area (Å²) < 4.78 is 0. The summed E-state index contributed by atoms with van der Waals surface area (Å²) in [6.07, 6.45) is 1.54. The number of pyridine rings is 1. The molecule has 1 rings (SSSR count). The highest BCUT2D eigenvalue weighted by Gasteiger charge is 2.07. The Morgan fingerprint density at radius 1 is 1.50 bits per heavy atom. The van der Waals surface area contributed by atoms with E-state index in [0.717, 1.165) is 0 Å². The minimum atomic E-state index is -0.990.